The Balaban J connectivity index is 2.88. The van der Waals surface area contributed by atoms with E-state index in [1.54, 1.807) is 13.0 Å². The van der Waals surface area contributed by atoms with Crippen LogP contribution in [0.3, 0.4) is 0 Å². The van der Waals surface area contributed by atoms with Crippen molar-refractivity contribution in [1.29, 1.82) is 0 Å². The van der Waals surface area contributed by atoms with Gasteiger partial charge in [-0.3, -0.25) is 0 Å². The first kappa shape index (κ1) is 10.2. The predicted molar refractivity (Wildman–Crippen MR) is 49.8 cm³/mol. The molecule has 0 heterocycles. The van der Waals surface area contributed by atoms with Crippen LogP contribution in [0.1, 0.15) is 23.7 Å². The number of halogens is 1. The highest BCUT2D eigenvalue weighted by Crippen LogP contribution is 2.20. The Bertz CT molecular complexity index is 288. The summed E-state index contributed by atoms with van der Waals surface area (Å²) in [6.45, 7) is 2.20. The minimum absolute atomic E-state index is 0.277. The summed E-state index contributed by atoms with van der Waals surface area (Å²) in [5, 5.41) is 9.59. The molecule has 0 aliphatic rings. The highest BCUT2D eigenvalue weighted by atomic mass is 19.1. The van der Waals surface area contributed by atoms with E-state index in [0.717, 1.165) is 11.1 Å². The summed E-state index contributed by atoms with van der Waals surface area (Å²) < 4.78 is 12.7. The number of rotatable bonds is 3. The lowest BCUT2D eigenvalue weighted by molar-refractivity contribution is 0.169. The topological polar surface area (TPSA) is 46.2 Å². The Morgan fingerprint density at radius 3 is 2.77 bits per heavy atom. The Hall–Kier alpha value is -0.930. The third kappa shape index (κ3) is 2.50. The number of aryl methyl sites for hydroxylation is 1. The molecule has 3 N–H and O–H groups in total. The third-order valence-electron chi connectivity index (χ3n) is 2.03. The molecule has 0 saturated heterocycles. The molecule has 0 aliphatic heterocycles. The number of aliphatic hydroxyl groups excluding tert-OH is 1. The van der Waals surface area contributed by atoms with Crippen LogP contribution in [0, 0.1) is 12.7 Å². The van der Waals surface area contributed by atoms with E-state index in [1.807, 2.05) is 0 Å². The van der Waals surface area contributed by atoms with Gasteiger partial charge in [0.05, 0.1) is 6.10 Å². The van der Waals surface area contributed by atoms with Gasteiger partial charge in [0.1, 0.15) is 5.82 Å². The van der Waals surface area contributed by atoms with Crippen molar-refractivity contribution < 1.29 is 9.50 Å². The normalized spacial score (nSPS) is 12.9. The van der Waals surface area contributed by atoms with Crippen LogP contribution in [-0.4, -0.2) is 11.7 Å². The second-order valence-corrected chi connectivity index (χ2v) is 3.09. The average Bonchev–Trinajstić information content (AvgIpc) is 2.04. The van der Waals surface area contributed by atoms with Crippen LogP contribution >= 0.6 is 0 Å². The minimum atomic E-state index is -0.578. The van der Waals surface area contributed by atoms with Crippen molar-refractivity contribution >= 4 is 0 Å². The third-order valence-corrected chi connectivity index (χ3v) is 2.03. The van der Waals surface area contributed by atoms with Crippen molar-refractivity contribution in [3.8, 4) is 0 Å². The first-order valence-corrected chi connectivity index (χ1v) is 4.29. The molecule has 3 heteroatoms. The van der Waals surface area contributed by atoms with Crippen molar-refractivity contribution in [1.82, 2.24) is 0 Å². The van der Waals surface area contributed by atoms with Gasteiger partial charge in [0, 0.05) is 0 Å². The Morgan fingerprint density at radius 2 is 2.23 bits per heavy atom. The number of benzene rings is 1. The van der Waals surface area contributed by atoms with Gasteiger partial charge < -0.3 is 10.8 Å². The second kappa shape index (κ2) is 4.35. The monoisotopic (exact) mass is 183 g/mol. The van der Waals surface area contributed by atoms with E-state index in [0.29, 0.717) is 13.0 Å². The van der Waals surface area contributed by atoms with Crippen LogP contribution in [-0.2, 0) is 0 Å². The lowest BCUT2D eigenvalue weighted by Gasteiger charge is -2.12. The Kier molecular flexibility index (Phi) is 3.39. The maximum Gasteiger partial charge on any atom is 0.123 e. The molecule has 1 aromatic rings. The molecule has 0 aliphatic carbocycles. The molecular weight excluding hydrogens is 169 g/mol. The SMILES string of the molecule is Cc1cc(F)ccc1[C@H](O)CCN. The van der Waals surface area contributed by atoms with Crippen LogP contribution in [0.15, 0.2) is 18.2 Å². The molecule has 72 valence electrons. The molecule has 0 saturated carbocycles. The lowest BCUT2D eigenvalue weighted by atomic mass is 10.0. The molecule has 2 nitrogen and oxygen atoms in total. The molecule has 1 atom stereocenters. The van der Waals surface area contributed by atoms with E-state index in [-0.39, 0.29) is 5.82 Å². The zero-order valence-electron chi connectivity index (χ0n) is 7.63. The maximum absolute atomic E-state index is 12.7. The maximum atomic E-state index is 12.7. The molecule has 0 fully saturated rings. The molecule has 0 spiro atoms. The zero-order chi connectivity index (χ0) is 9.84. The van der Waals surface area contributed by atoms with Gasteiger partial charge >= 0.3 is 0 Å². The van der Waals surface area contributed by atoms with Gasteiger partial charge in [-0.1, -0.05) is 6.07 Å². The van der Waals surface area contributed by atoms with Gasteiger partial charge in [0.2, 0.25) is 0 Å². The van der Waals surface area contributed by atoms with Crippen molar-refractivity contribution in [3.05, 3.63) is 35.1 Å². The Labute approximate surface area is 77.2 Å². The zero-order valence-corrected chi connectivity index (χ0v) is 7.63. The molecular formula is C10H14FNO. The van der Waals surface area contributed by atoms with Crippen LogP contribution in [0.4, 0.5) is 4.39 Å². The van der Waals surface area contributed by atoms with E-state index in [1.165, 1.54) is 12.1 Å². The summed E-state index contributed by atoms with van der Waals surface area (Å²) in [5.74, 6) is -0.277. The fourth-order valence-corrected chi connectivity index (χ4v) is 1.33. The summed E-state index contributed by atoms with van der Waals surface area (Å²) in [6.07, 6.45) is -0.0717. The highest BCUT2D eigenvalue weighted by molar-refractivity contribution is 5.28. The largest absolute Gasteiger partial charge is 0.388 e. The number of hydrogen-bond acceptors (Lipinski definition) is 2. The summed E-state index contributed by atoms with van der Waals surface area (Å²) in [4.78, 5) is 0. The lowest BCUT2D eigenvalue weighted by Crippen LogP contribution is -2.07. The summed E-state index contributed by atoms with van der Waals surface area (Å²) in [6, 6.07) is 4.36. The van der Waals surface area contributed by atoms with Crippen molar-refractivity contribution in [2.75, 3.05) is 6.54 Å². The van der Waals surface area contributed by atoms with Crippen LogP contribution in [0.5, 0.6) is 0 Å². The van der Waals surface area contributed by atoms with E-state index >= 15 is 0 Å². The van der Waals surface area contributed by atoms with E-state index in [9.17, 15) is 9.50 Å². The van der Waals surface area contributed by atoms with Gasteiger partial charge in [-0.25, -0.2) is 4.39 Å². The molecule has 0 radical (unpaired) electrons. The van der Waals surface area contributed by atoms with Crippen molar-refractivity contribution in [2.45, 2.75) is 19.4 Å². The van der Waals surface area contributed by atoms with Gasteiger partial charge in [-0.05, 0) is 43.1 Å². The molecule has 0 bridgehead atoms. The van der Waals surface area contributed by atoms with Gasteiger partial charge in [-0.15, -0.1) is 0 Å². The van der Waals surface area contributed by atoms with Crippen molar-refractivity contribution in [2.24, 2.45) is 5.73 Å². The van der Waals surface area contributed by atoms with Gasteiger partial charge in [-0.2, -0.15) is 0 Å². The average molecular weight is 183 g/mol. The van der Waals surface area contributed by atoms with Gasteiger partial charge in [0.25, 0.3) is 0 Å². The molecule has 1 aromatic carbocycles. The number of nitrogens with two attached hydrogens (primary N) is 1. The van der Waals surface area contributed by atoms with Crippen LogP contribution in [0.2, 0.25) is 0 Å². The summed E-state index contributed by atoms with van der Waals surface area (Å²) in [5.41, 5.74) is 6.83. The molecule has 0 amide bonds. The molecule has 1 rings (SSSR count). The first-order valence-electron chi connectivity index (χ1n) is 4.29. The quantitative estimate of drug-likeness (QED) is 0.746. The van der Waals surface area contributed by atoms with E-state index in [2.05, 4.69) is 0 Å². The van der Waals surface area contributed by atoms with Gasteiger partial charge in [0.15, 0.2) is 0 Å². The van der Waals surface area contributed by atoms with E-state index in [4.69, 9.17) is 5.73 Å². The molecule has 13 heavy (non-hydrogen) atoms. The Morgan fingerprint density at radius 1 is 1.54 bits per heavy atom. The summed E-state index contributed by atoms with van der Waals surface area (Å²) in [7, 11) is 0. The second-order valence-electron chi connectivity index (χ2n) is 3.09. The number of aliphatic hydroxyl groups is 1. The fourth-order valence-electron chi connectivity index (χ4n) is 1.33. The standard InChI is InChI=1S/C10H14FNO/c1-7-6-8(11)2-3-9(7)10(13)4-5-12/h2-3,6,10,13H,4-5,12H2,1H3/t10-/m1/s1. The molecule has 0 aromatic heterocycles. The minimum Gasteiger partial charge on any atom is -0.388 e. The van der Waals surface area contributed by atoms with E-state index < -0.39 is 6.10 Å². The van der Waals surface area contributed by atoms with Crippen LogP contribution in [0.25, 0.3) is 0 Å². The van der Waals surface area contributed by atoms with Crippen LogP contribution < -0.4 is 5.73 Å². The molecule has 0 unspecified atom stereocenters. The first-order chi connectivity index (χ1) is 6.15. The number of hydrogen-bond donors (Lipinski definition) is 2. The highest BCUT2D eigenvalue weighted by Gasteiger charge is 2.09. The smallest absolute Gasteiger partial charge is 0.123 e. The fraction of sp³-hybridized carbons (Fsp3) is 0.400. The predicted octanol–water partition coefficient (Wildman–Crippen LogP) is 1.52. The van der Waals surface area contributed by atoms with Crippen molar-refractivity contribution in [3.63, 3.8) is 0 Å². The summed E-state index contributed by atoms with van der Waals surface area (Å²) >= 11 is 0.